The molecule has 2 aromatic rings. The lowest BCUT2D eigenvalue weighted by Gasteiger charge is -2.32. The number of rotatable bonds is 0. The summed E-state index contributed by atoms with van der Waals surface area (Å²) in [5, 5.41) is 45.2. The van der Waals surface area contributed by atoms with Crippen molar-refractivity contribution in [3.63, 3.8) is 0 Å². The maximum absolute atomic E-state index is 9.56. The third kappa shape index (κ3) is 2.14. The molecule has 6 nitrogen and oxygen atoms in total. The van der Waals surface area contributed by atoms with E-state index >= 15 is 0 Å². The minimum atomic E-state index is -0.324. The highest BCUT2D eigenvalue weighted by Crippen LogP contribution is 2.50. The topological polar surface area (TPSA) is 119 Å². The number of benzene rings is 2. The van der Waals surface area contributed by atoms with Crippen LogP contribution in [0.25, 0.3) is 16.8 Å². The zero-order valence-corrected chi connectivity index (χ0v) is 15.6. The van der Waals surface area contributed by atoms with Crippen LogP contribution in [0.15, 0.2) is 65.4 Å². The normalized spacial score (nSPS) is 19.5. The second-order valence-electron chi connectivity index (χ2n) is 7.11. The van der Waals surface area contributed by atoms with Gasteiger partial charge >= 0.3 is 0 Å². The highest BCUT2D eigenvalue weighted by molar-refractivity contribution is 6.03. The van der Waals surface area contributed by atoms with E-state index in [0.717, 1.165) is 28.0 Å². The van der Waals surface area contributed by atoms with Gasteiger partial charge in [0.2, 0.25) is 0 Å². The van der Waals surface area contributed by atoms with Gasteiger partial charge in [0.1, 0.15) is 35.4 Å². The molecular formula is C24H12N6. The lowest BCUT2D eigenvalue weighted by atomic mass is 9.97. The second kappa shape index (κ2) is 6.39. The van der Waals surface area contributed by atoms with Crippen LogP contribution in [0, 0.1) is 45.3 Å². The van der Waals surface area contributed by atoms with Crippen LogP contribution in [0.3, 0.4) is 0 Å². The average Bonchev–Trinajstić information content (AvgIpc) is 3.28. The highest BCUT2D eigenvalue weighted by Gasteiger charge is 2.45. The van der Waals surface area contributed by atoms with Crippen LogP contribution in [-0.2, 0) is 0 Å². The van der Waals surface area contributed by atoms with Crippen LogP contribution in [-0.4, -0.2) is 6.04 Å². The van der Waals surface area contributed by atoms with Gasteiger partial charge in [-0.2, -0.15) is 21.0 Å². The molecule has 2 atom stereocenters. The lowest BCUT2D eigenvalue weighted by molar-refractivity contribution is 0.513. The minimum absolute atomic E-state index is 0.0389. The van der Waals surface area contributed by atoms with Crippen molar-refractivity contribution in [3.8, 4) is 24.3 Å². The molecular weight excluding hydrogens is 372 g/mol. The Morgan fingerprint density at radius 3 is 1.87 bits per heavy atom. The first kappa shape index (κ1) is 17.3. The van der Waals surface area contributed by atoms with E-state index in [9.17, 15) is 21.0 Å². The first-order valence-electron chi connectivity index (χ1n) is 9.29. The molecule has 1 aliphatic heterocycles. The predicted molar refractivity (Wildman–Crippen MR) is 109 cm³/mol. The number of hydrogen-bond acceptors (Lipinski definition) is 6. The summed E-state index contributed by atoms with van der Waals surface area (Å²) in [6.07, 6.45) is 0. The van der Waals surface area contributed by atoms with E-state index in [1.54, 1.807) is 0 Å². The Labute approximate surface area is 172 Å². The summed E-state index contributed by atoms with van der Waals surface area (Å²) in [5.74, 6) is 0. The SMILES string of the molecule is N#CC(C#N)=C1C2=C(NC3C(=C(C#N)C#N)c4ccccc4C3N2)c2ccccc21. The minimum Gasteiger partial charge on any atom is -0.374 e. The van der Waals surface area contributed by atoms with E-state index < -0.39 is 0 Å². The van der Waals surface area contributed by atoms with Crippen LogP contribution in [0.1, 0.15) is 28.3 Å². The number of nitrogens with zero attached hydrogens (tertiary/aromatic N) is 4. The summed E-state index contributed by atoms with van der Waals surface area (Å²) in [4.78, 5) is 0. The molecule has 0 bridgehead atoms. The van der Waals surface area contributed by atoms with E-state index in [0.29, 0.717) is 16.8 Å². The molecule has 6 heteroatoms. The summed E-state index contributed by atoms with van der Waals surface area (Å²) in [5.41, 5.74) is 6.32. The standard InChI is InChI=1S/C24H12N6/c25-9-13(10-26)19-15-5-1-3-7-17(15)21-23(19)30-22-18-8-4-2-6-16(18)20(24(22)29-21)14(11-27)12-28/h1-8,21,23,29-30H. The van der Waals surface area contributed by atoms with Crippen LogP contribution < -0.4 is 10.6 Å². The van der Waals surface area contributed by atoms with Crippen molar-refractivity contribution in [2.24, 2.45) is 0 Å². The molecule has 5 rings (SSSR count). The number of nitrogens with one attached hydrogen (secondary N) is 2. The maximum atomic E-state index is 9.56. The van der Waals surface area contributed by atoms with Gasteiger partial charge in [-0.1, -0.05) is 48.5 Å². The number of nitriles is 4. The number of hydrogen-bond donors (Lipinski definition) is 2. The summed E-state index contributed by atoms with van der Waals surface area (Å²) < 4.78 is 0. The fourth-order valence-corrected chi connectivity index (χ4v) is 4.59. The van der Waals surface area contributed by atoms with Crippen LogP contribution in [0.2, 0.25) is 0 Å². The molecule has 2 aliphatic carbocycles. The van der Waals surface area contributed by atoms with Gasteiger partial charge in [0.05, 0.1) is 23.5 Å². The molecule has 2 unspecified atom stereocenters. The zero-order valence-electron chi connectivity index (χ0n) is 15.6. The maximum Gasteiger partial charge on any atom is 0.139 e. The molecule has 0 saturated heterocycles. The van der Waals surface area contributed by atoms with Gasteiger partial charge in [-0.3, -0.25) is 0 Å². The smallest absolute Gasteiger partial charge is 0.139 e. The molecule has 0 spiro atoms. The fourth-order valence-electron chi connectivity index (χ4n) is 4.59. The monoisotopic (exact) mass is 384 g/mol. The van der Waals surface area contributed by atoms with Crippen molar-refractivity contribution in [2.75, 3.05) is 0 Å². The molecule has 30 heavy (non-hydrogen) atoms. The first-order valence-corrected chi connectivity index (χ1v) is 9.29. The number of allylic oxidation sites excluding steroid dienone is 3. The molecule has 0 aromatic heterocycles. The van der Waals surface area contributed by atoms with E-state index in [-0.39, 0.29) is 23.2 Å². The average molecular weight is 384 g/mol. The van der Waals surface area contributed by atoms with Crippen molar-refractivity contribution in [3.05, 3.63) is 87.6 Å². The Morgan fingerprint density at radius 1 is 0.633 bits per heavy atom. The molecule has 0 radical (unpaired) electrons. The summed E-state index contributed by atoms with van der Waals surface area (Å²) >= 11 is 0. The Hall–Kier alpha value is -4.78. The van der Waals surface area contributed by atoms with Gasteiger partial charge < -0.3 is 10.6 Å². The van der Waals surface area contributed by atoms with Crippen molar-refractivity contribution in [1.82, 2.24) is 10.6 Å². The van der Waals surface area contributed by atoms with Gasteiger partial charge in [0, 0.05) is 16.7 Å². The summed E-state index contributed by atoms with van der Waals surface area (Å²) in [6.45, 7) is 0. The first-order chi connectivity index (χ1) is 14.7. The molecule has 2 N–H and O–H groups in total. The molecule has 1 heterocycles. The van der Waals surface area contributed by atoms with Crippen molar-refractivity contribution in [1.29, 1.82) is 21.0 Å². The largest absolute Gasteiger partial charge is 0.374 e. The predicted octanol–water partition coefficient (Wildman–Crippen LogP) is 3.29. The van der Waals surface area contributed by atoms with E-state index in [2.05, 4.69) is 10.6 Å². The molecule has 0 amide bonds. The highest BCUT2D eigenvalue weighted by atomic mass is 15.1. The van der Waals surface area contributed by atoms with Gasteiger partial charge in [-0.15, -0.1) is 0 Å². The molecule has 138 valence electrons. The summed E-state index contributed by atoms with van der Waals surface area (Å²) in [6, 6.07) is 22.8. The van der Waals surface area contributed by atoms with E-state index in [1.807, 2.05) is 72.8 Å². The van der Waals surface area contributed by atoms with Gasteiger partial charge in [0.15, 0.2) is 0 Å². The zero-order chi connectivity index (χ0) is 20.8. The third-order valence-corrected chi connectivity index (χ3v) is 5.76. The second-order valence-corrected chi connectivity index (χ2v) is 7.11. The van der Waals surface area contributed by atoms with Crippen LogP contribution >= 0.6 is 0 Å². The van der Waals surface area contributed by atoms with Crippen molar-refractivity contribution >= 4 is 16.8 Å². The Balaban J connectivity index is 1.77. The van der Waals surface area contributed by atoms with Gasteiger partial charge in [0.25, 0.3) is 0 Å². The number of fused-ring (bicyclic) bond motifs is 5. The Morgan fingerprint density at radius 2 is 1.20 bits per heavy atom. The third-order valence-electron chi connectivity index (χ3n) is 5.76. The van der Waals surface area contributed by atoms with E-state index in [4.69, 9.17) is 0 Å². The van der Waals surface area contributed by atoms with Gasteiger partial charge in [-0.05, 0) is 16.7 Å². The Kier molecular flexibility index (Phi) is 3.69. The quantitative estimate of drug-likeness (QED) is 0.673. The van der Waals surface area contributed by atoms with Crippen molar-refractivity contribution < 1.29 is 0 Å². The van der Waals surface area contributed by atoms with Crippen LogP contribution in [0.4, 0.5) is 0 Å². The lowest BCUT2D eigenvalue weighted by Crippen LogP contribution is -2.43. The van der Waals surface area contributed by atoms with Crippen LogP contribution in [0.5, 0.6) is 0 Å². The molecule has 0 saturated carbocycles. The van der Waals surface area contributed by atoms with E-state index in [1.165, 1.54) is 0 Å². The molecule has 2 aromatic carbocycles. The molecule has 0 fully saturated rings. The Bertz CT molecular complexity index is 1360. The van der Waals surface area contributed by atoms with Crippen molar-refractivity contribution in [2.45, 2.75) is 12.1 Å². The fraction of sp³-hybridized carbons (Fsp3) is 0.0833. The summed E-state index contributed by atoms with van der Waals surface area (Å²) in [7, 11) is 0. The van der Waals surface area contributed by atoms with Gasteiger partial charge in [-0.25, -0.2) is 0 Å². The molecule has 3 aliphatic rings.